The maximum Gasteiger partial charge on any atom is 0.0283 e. The zero-order valence-corrected chi connectivity index (χ0v) is 10.4. The molecule has 0 radical (unpaired) electrons. The van der Waals surface area contributed by atoms with E-state index < -0.39 is 0 Å². The molecule has 1 heteroatoms. The molecule has 78 valence electrons. The van der Waals surface area contributed by atoms with E-state index in [9.17, 15) is 0 Å². The first kappa shape index (κ1) is 12.0. The monoisotopic (exact) mass is 262 g/mol. The van der Waals surface area contributed by atoms with Gasteiger partial charge in [0, 0.05) is 5.33 Å². The van der Waals surface area contributed by atoms with E-state index in [0.29, 0.717) is 0 Å². The molecule has 0 atom stereocenters. The highest BCUT2D eigenvalue weighted by Gasteiger charge is 1.81. The summed E-state index contributed by atoms with van der Waals surface area (Å²) >= 11 is 3.36. The highest BCUT2D eigenvalue weighted by atomic mass is 79.9. The molecule has 2 aromatic carbocycles. The molecule has 0 aliphatic rings. The summed E-state index contributed by atoms with van der Waals surface area (Å²) in [4.78, 5) is 0. The normalized spacial score (nSPS) is 8.93. The van der Waals surface area contributed by atoms with Crippen LogP contribution in [0.5, 0.6) is 0 Å². The minimum Gasteiger partial charge on any atom is -0.0876 e. The SMILES string of the molecule is BrCc1ccccc1.Cc1ccccc1. The number of benzene rings is 2. The van der Waals surface area contributed by atoms with Crippen LogP contribution in [-0.4, -0.2) is 0 Å². The van der Waals surface area contributed by atoms with Gasteiger partial charge in [0.25, 0.3) is 0 Å². The van der Waals surface area contributed by atoms with Gasteiger partial charge in [0.05, 0.1) is 0 Å². The molecule has 0 spiro atoms. The summed E-state index contributed by atoms with van der Waals surface area (Å²) in [7, 11) is 0. The van der Waals surface area contributed by atoms with Gasteiger partial charge in [-0.3, -0.25) is 0 Å². The average molecular weight is 263 g/mol. The van der Waals surface area contributed by atoms with E-state index in [1.54, 1.807) is 0 Å². The van der Waals surface area contributed by atoms with E-state index in [0.717, 1.165) is 5.33 Å². The quantitative estimate of drug-likeness (QED) is 0.661. The third kappa shape index (κ3) is 5.38. The number of rotatable bonds is 1. The van der Waals surface area contributed by atoms with Gasteiger partial charge in [0.2, 0.25) is 0 Å². The van der Waals surface area contributed by atoms with Crippen molar-refractivity contribution in [1.82, 2.24) is 0 Å². The molecular formula is C14H15Br. The van der Waals surface area contributed by atoms with E-state index in [-0.39, 0.29) is 0 Å². The second-order valence-corrected chi connectivity index (χ2v) is 3.83. The van der Waals surface area contributed by atoms with Crippen molar-refractivity contribution >= 4 is 15.9 Å². The van der Waals surface area contributed by atoms with Crippen LogP contribution in [0.2, 0.25) is 0 Å². The van der Waals surface area contributed by atoms with Crippen LogP contribution >= 0.6 is 15.9 Å². The molecule has 0 fully saturated rings. The van der Waals surface area contributed by atoms with Gasteiger partial charge < -0.3 is 0 Å². The van der Waals surface area contributed by atoms with E-state index in [2.05, 4.69) is 47.1 Å². The minimum absolute atomic E-state index is 0.952. The van der Waals surface area contributed by atoms with Crippen LogP contribution in [0.4, 0.5) is 0 Å². The standard InChI is InChI=1S/C7H7Br.C7H8/c8-6-7-4-2-1-3-5-7;1-7-5-3-2-4-6-7/h1-5H,6H2;2-6H,1H3. The fourth-order valence-electron chi connectivity index (χ4n) is 1.10. The summed E-state index contributed by atoms with van der Waals surface area (Å²) in [5, 5.41) is 0.952. The molecule has 0 N–H and O–H groups in total. The Morgan fingerprint density at radius 3 is 1.53 bits per heavy atom. The second-order valence-electron chi connectivity index (χ2n) is 3.27. The van der Waals surface area contributed by atoms with Gasteiger partial charge in [-0.05, 0) is 12.5 Å². The Hall–Kier alpha value is -1.08. The van der Waals surface area contributed by atoms with Crippen molar-refractivity contribution < 1.29 is 0 Å². The van der Waals surface area contributed by atoms with Gasteiger partial charge in [-0.2, -0.15) is 0 Å². The third-order valence-electron chi connectivity index (χ3n) is 1.94. The summed E-state index contributed by atoms with van der Waals surface area (Å²) in [6, 6.07) is 20.5. The van der Waals surface area contributed by atoms with Gasteiger partial charge in [-0.25, -0.2) is 0 Å². The molecule has 2 rings (SSSR count). The zero-order chi connectivity index (χ0) is 10.9. The molecule has 0 aliphatic carbocycles. The largest absolute Gasteiger partial charge is 0.0876 e. The third-order valence-corrected chi connectivity index (χ3v) is 2.59. The number of hydrogen-bond donors (Lipinski definition) is 0. The summed E-state index contributed by atoms with van der Waals surface area (Å²) in [6.45, 7) is 2.08. The van der Waals surface area contributed by atoms with Gasteiger partial charge in [0.1, 0.15) is 0 Å². The van der Waals surface area contributed by atoms with Crippen molar-refractivity contribution in [3.8, 4) is 0 Å². The van der Waals surface area contributed by atoms with Gasteiger partial charge in [0.15, 0.2) is 0 Å². The van der Waals surface area contributed by atoms with Crippen molar-refractivity contribution in [1.29, 1.82) is 0 Å². The Morgan fingerprint density at radius 1 is 0.800 bits per heavy atom. The van der Waals surface area contributed by atoms with Gasteiger partial charge >= 0.3 is 0 Å². The molecule has 0 nitrogen and oxygen atoms in total. The first-order chi connectivity index (χ1) is 7.33. The van der Waals surface area contributed by atoms with E-state index in [1.807, 2.05) is 36.4 Å². The lowest BCUT2D eigenvalue weighted by molar-refractivity contribution is 1.44. The molecule has 0 aliphatic heterocycles. The molecular weight excluding hydrogens is 248 g/mol. The second kappa shape index (κ2) is 7.24. The summed E-state index contributed by atoms with van der Waals surface area (Å²) in [6.07, 6.45) is 0. The number of halogens is 1. The molecule has 0 aromatic heterocycles. The predicted octanol–water partition coefficient (Wildman–Crippen LogP) is 4.58. The fourth-order valence-corrected chi connectivity index (χ4v) is 1.48. The highest BCUT2D eigenvalue weighted by molar-refractivity contribution is 9.08. The molecule has 0 saturated carbocycles. The van der Waals surface area contributed by atoms with Crippen LogP contribution in [0.15, 0.2) is 60.7 Å². The Kier molecular flexibility index (Phi) is 5.79. The average Bonchev–Trinajstić information content (AvgIpc) is 2.32. The Bertz CT molecular complexity index is 354. The summed E-state index contributed by atoms with van der Waals surface area (Å²) < 4.78 is 0. The molecule has 15 heavy (non-hydrogen) atoms. The van der Waals surface area contributed by atoms with Crippen molar-refractivity contribution in [2.75, 3.05) is 0 Å². The minimum atomic E-state index is 0.952. The lowest BCUT2D eigenvalue weighted by Crippen LogP contribution is -1.70. The Morgan fingerprint density at radius 2 is 1.27 bits per heavy atom. The van der Waals surface area contributed by atoms with Crippen LogP contribution in [-0.2, 0) is 5.33 Å². The molecule has 2 aromatic rings. The van der Waals surface area contributed by atoms with E-state index in [1.165, 1.54) is 11.1 Å². The summed E-state index contributed by atoms with van der Waals surface area (Å²) in [5.41, 5.74) is 2.65. The lowest BCUT2D eigenvalue weighted by atomic mass is 10.2. The first-order valence-corrected chi connectivity index (χ1v) is 6.06. The predicted molar refractivity (Wildman–Crippen MR) is 70.3 cm³/mol. The molecule has 0 heterocycles. The van der Waals surface area contributed by atoms with Crippen LogP contribution in [0, 0.1) is 6.92 Å². The number of hydrogen-bond acceptors (Lipinski definition) is 0. The van der Waals surface area contributed by atoms with E-state index in [4.69, 9.17) is 0 Å². The molecule has 0 unspecified atom stereocenters. The maximum atomic E-state index is 3.36. The van der Waals surface area contributed by atoms with E-state index >= 15 is 0 Å². The van der Waals surface area contributed by atoms with Crippen molar-refractivity contribution in [3.05, 3.63) is 71.8 Å². The topological polar surface area (TPSA) is 0 Å². The summed E-state index contributed by atoms with van der Waals surface area (Å²) in [5.74, 6) is 0. The lowest BCUT2D eigenvalue weighted by Gasteiger charge is -1.88. The highest BCUT2D eigenvalue weighted by Crippen LogP contribution is 2.02. The van der Waals surface area contributed by atoms with Crippen molar-refractivity contribution in [2.24, 2.45) is 0 Å². The van der Waals surface area contributed by atoms with Crippen molar-refractivity contribution in [3.63, 3.8) is 0 Å². The van der Waals surface area contributed by atoms with Crippen molar-refractivity contribution in [2.45, 2.75) is 12.3 Å². The Labute approximate surface area is 100 Å². The van der Waals surface area contributed by atoms with Crippen LogP contribution < -0.4 is 0 Å². The smallest absolute Gasteiger partial charge is 0.0283 e. The first-order valence-electron chi connectivity index (χ1n) is 4.94. The van der Waals surface area contributed by atoms with Gasteiger partial charge in [-0.1, -0.05) is 82.2 Å². The number of aryl methyl sites for hydroxylation is 1. The molecule has 0 saturated heterocycles. The number of alkyl halides is 1. The van der Waals surface area contributed by atoms with Gasteiger partial charge in [-0.15, -0.1) is 0 Å². The fraction of sp³-hybridized carbons (Fsp3) is 0.143. The van der Waals surface area contributed by atoms with Crippen LogP contribution in [0.1, 0.15) is 11.1 Å². The van der Waals surface area contributed by atoms with Crippen LogP contribution in [0.3, 0.4) is 0 Å². The van der Waals surface area contributed by atoms with Crippen LogP contribution in [0.25, 0.3) is 0 Å². The zero-order valence-electron chi connectivity index (χ0n) is 8.86. The Balaban J connectivity index is 0.000000151. The maximum absolute atomic E-state index is 3.36. The molecule has 0 amide bonds. The molecule has 0 bridgehead atoms.